The normalized spacial score (nSPS) is 11.8. The maximum absolute atomic E-state index is 10.0. The van der Waals surface area contributed by atoms with Crippen molar-refractivity contribution in [1.82, 2.24) is 0 Å². The fourth-order valence-electron chi connectivity index (χ4n) is 0.626. The molecule has 0 fully saturated rings. The van der Waals surface area contributed by atoms with Crippen molar-refractivity contribution in [2.75, 3.05) is 6.54 Å². The molecule has 16 heavy (non-hydrogen) atoms. The third-order valence-corrected chi connectivity index (χ3v) is 1.27. The summed E-state index contributed by atoms with van der Waals surface area (Å²) < 4.78 is 34.1. The summed E-state index contributed by atoms with van der Waals surface area (Å²) in [6.45, 7) is 0.583. The molecule has 10 heteroatoms. The molecule has 1 unspecified atom stereocenters. The summed E-state index contributed by atoms with van der Waals surface area (Å²) in [5.41, 5.74) is 10.3. The zero-order valence-corrected chi connectivity index (χ0v) is 10.3. The number of carbonyl (C=O) groups is 1. The van der Waals surface area contributed by atoms with E-state index in [1.54, 1.807) is 0 Å². The molecule has 0 aliphatic heterocycles. The minimum Gasteiger partial charge on any atom is -0.759 e. The number of hydrogen-bond donors (Lipinski definition) is 2. The van der Waals surface area contributed by atoms with E-state index in [1.165, 1.54) is 0 Å². The molecular weight excluding hydrogens is 283 g/mol. The van der Waals surface area contributed by atoms with Gasteiger partial charge in [0.25, 0.3) is 0 Å². The van der Waals surface area contributed by atoms with Gasteiger partial charge in [-0.1, -0.05) is 6.42 Å². The number of hydrogen-bond acceptors (Lipinski definition) is 8. The number of unbranched alkanes of at least 4 members (excludes halogenated alkanes) is 1. The molecule has 0 aromatic carbocycles. The Morgan fingerprint density at radius 1 is 1.25 bits per heavy atom. The summed E-state index contributed by atoms with van der Waals surface area (Å²) in [5.74, 6) is -1.18. The van der Waals surface area contributed by atoms with E-state index in [4.69, 9.17) is 29.0 Å². The van der Waals surface area contributed by atoms with Crippen LogP contribution >= 0.6 is 0 Å². The van der Waals surface area contributed by atoms with Crippen molar-refractivity contribution >= 4 is 16.4 Å². The Bertz CT molecular complexity index is 262. The number of carboxylic acid groups (broad SMARTS) is 1. The van der Waals surface area contributed by atoms with E-state index >= 15 is 0 Å². The van der Waals surface area contributed by atoms with Crippen molar-refractivity contribution in [2.45, 2.75) is 25.3 Å². The number of carbonyl (C=O) groups excluding carboxylic acids is 1. The van der Waals surface area contributed by atoms with Crippen molar-refractivity contribution in [3.8, 4) is 0 Å². The van der Waals surface area contributed by atoms with Gasteiger partial charge in [-0.3, -0.25) is 8.42 Å². The molecule has 96 valence electrons. The first-order chi connectivity index (χ1) is 6.68. The van der Waals surface area contributed by atoms with E-state index in [2.05, 4.69) is 0 Å². The third kappa shape index (κ3) is 29.2. The molecule has 0 saturated carbocycles. The van der Waals surface area contributed by atoms with E-state index in [0.29, 0.717) is 13.0 Å². The summed E-state index contributed by atoms with van der Waals surface area (Å²) in [6, 6.07) is -0.827. The van der Waals surface area contributed by atoms with Crippen LogP contribution < -0.4 is 16.6 Å². The van der Waals surface area contributed by atoms with Gasteiger partial charge in [0.05, 0.1) is 5.97 Å². The van der Waals surface area contributed by atoms with Crippen LogP contribution in [-0.4, -0.2) is 36.1 Å². The van der Waals surface area contributed by atoms with Crippen LogP contribution in [0.2, 0.25) is 0 Å². The summed E-state index contributed by atoms with van der Waals surface area (Å²) in [5, 5.41) is 10.0. The fraction of sp³-hybridized carbons (Fsp3) is 0.833. The fourth-order valence-corrected chi connectivity index (χ4v) is 0.626. The van der Waals surface area contributed by atoms with E-state index in [9.17, 15) is 9.90 Å². The van der Waals surface area contributed by atoms with Crippen molar-refractivity contribution in [2.24, 2.45) is 11.5 Å². The van der Waals surface area contributed by atoms with Crippen molar-refractivity contribution in [1.29, 1.82) is 0 Å². The van der Waals surface area contributed by atoms with Gasteiger partial charge in [-0.15, -0.1) is 0 Å². The molecule has 1 atom stereocenters. The number of nitrogens with two attached hydrogens (primary N) is 2. The Balaban J connectivity index is -0.000000242. The standard InChI is InChI=1S/C6H14N2O2.Mn.H2O4S/c7-4-2-1-3-5(8)6(9)10;;1-5(2,3)4/h5H,1-4,7-8H2,(H,9,10);;(H2,1,2,3,4)/q;+3;/p-3. The Morgan fingerprint density at radius 3 is 1.88 bits per heavy atom. The van der Waals surface area contributed by atoms with Crippen LogP contribution in [0.5, 0.6) is 0 Å². The molecular formula is C6H13MnN2O6S. The Labute approximate surface area is 104 Å². The van der Waals surface area contributed by atoms with Crippen LogP contribution in [0.15, 0.2) is 0 Å². The Morgan fingerprint density at radius 2 is 1.62 bits per heavy atom. The van der Waals surface area contributed by atoms with Crippen LogP contribution in [0.4, 0.5) is 0 Å². The number of carboxylic acids is 1. The molecule has 0 amide bonds. The van der Waals surface area contributed by atoms with Crippen molar-refractivity contribution in [3.05, 3.63) is 0 Å². The SMILES string of the molecule is NCCCCC(N)C(=O)[O-].O=S(=O)([O-])[O-].[Mn+3]. The minimum atomic E-state index is -5.17. The van der Waals surface area contributed by atoms with Gasteiger partial charge < -0.3 is 30.5 Å². The summed E-state index contributed by atoms with van der Waals surface area (Å²) in [6.07, 6.45) is 2.03. The van der Waals surface area contributed by atoms with E-state index in [-0.39, 0.29) is 17.1 Å². The summed E-state index contributed by atoms with van der Waals surface area (Å²) in [4.78, 5) is 10.0. The van der Waals surface area contributed by atoms with Crippen LogP contribution in [0, 0.1) is 0 Å². The van der Waals surface area contributed by atoms with Crippen LogP contribution in [0.3, 0.4) is 0 Å². The molecule has 0 rings (SSSR count). The number of rotatable bonds is 5. The summed E-state index contributed by atoms with van der Waals surface area (Å²) >= 11 is 0. The molecule has 0 saturated heterocycles. The predicted octanol–water partition coefficient (Wildman–Crippen LogP) is -3.15. The van der Waals surface area contributed by atoms with Gasteiger partial charge in [0.15, 0.2) is 0 Å². The Hall–Kier alpha value is -0.221. The van der Waals surface area contributed by atoms with E-state index < -0.39 is 22.4 Å². The van der Waals surface area contributed by atoms with Crippen molar-refractivity contribution in [3.63, 3.8) is 0 Å². The molecule has 0 aromatic rings. The third-order valence-electron chi connectivity index (χ3n) is 1.27. The molecule has 0 spiro atoms. The van der Waals surface area contributed by atoms with Gasteiger partial charge in [0.2, 0.25) is 0 Å². The van der Waals surface area contributed by atoms with E-state index in [1.807, 2.05) is 0 Å². The van der Waals surface area contributed by atoms with Gasteiger partial charge in [-0.05, 0) is 19.4 Å². The second-order valence-electron chi connectivity index (χ2n) is 2.62. The maximum Gasteiger partial charge on any atom is 3.00 e. The smallest absolute Gasteiger partial charge is 0.759 e. The second-order valence-corrected chi connectivity index (χ2v) is 3.43. The maximum atomic E-state index is 10.0. The van der Waals surface area contributed by atoms with Crippen LogP contribution in [0.1, 0.15) is 19.3 Å². The van der Waals surface area contributed by atoms with E-state index in [0.717, 1.165) is 12.8 Å². The quantitative estimate of drug-likeness (QED) is 0.231. The molecule has 0 radical (unpaired) electrons. The minimum absolute atomic E-state index is 0. The topological polar surface area (TPSA) is 172 Å². The molecule has 0 heterocycles. The Kier molecular flexibility index (Phi) is 14.9. The van der Waals surface area contributed by atoms with Gasteiger partial charge in [0, 0.05) is 16.4 Å². The molecule has 0 aliphatic carbocycles. The van der Waals surface area contributed by atoms with Gasteiger partial charge >= 0.3 is 17.1 Å². The molecule has 0 aliphatic rings. The first-order valence-electron chi connectivity index (χ1n) is 4.01. The monoisotopic (exact) mass is 296 g/mol. The molecule has 4 N–H and O–H groups in total. The van der Waals surface area contributed by atoms with Gasteiger partial charge in [0.1, 0.15) is 0 Å². The average molecular weight is 296 g/mol. The second kappa shape index (κ2) is 11.3. The largest absolute Gasteiger partial charge is 3.00 e. The zero-order chi connectivity index (χ0) is 12.5. The first kappa shape index (κ1) is 21.1. The predicted molar refractivity (Wildman–Crippen MR) is 46.4 cm³/mol. The first-order valence-corrected chi connectivity index (χ1v) is 5.35. The van der Waals surface area contributed by atoms with Crippen LogP contribution in [0.25, 0.3) is 0 Å². The van der Waals surface area contributed by atoms with Crippen molar-refractivity contribution < 1.29 is 44.5 Å². The van der Waals surface area contributed by atoms with Crippen LogP contribution in [-0.2, 0) is 32.3 Å². The average Bonchev–Trinajstić information content (AvgIpc) is 2.01. The molecule has 0 bridgehead atoms. The number of aliphatic carboxylic acids is 1. The van der Waals surface area contributed by atoms with Gasteiger partial charge in [-0.2, -0.15) is 0 Å². The van der Waals surface area contributed by atoms with Gasteiger partial charge in [-0.25, -0.2) is 0 Å². The zero-order valence-electron chi connectivity index (χ0n) is 8.30. The summed E-state index contributed by atoms with van der Waals surface area (Å²) in [7, 11) is -5.17. The molecule has 0 aromatic heterocycles. The molecule has 8 nitrogen and oxygen atoms in total.